The van der Waals surface area contributed by atoms with Crippen molar-refractivity contribution in [2.75, 3.05) is 20.3 Å². The molecule has 28 heavy (non-hydrogen) atoms. The first kappa shape index (κ1) is 17.7. The lowest BCUT2D eigenvalue weighted by molar-refractivity contribution is -0.0948. The van der Waals surface area contributed by atoms with Crippen LogP contribution < -0.4 is 0 Å². The third-order valence-corrected chi connectivity index (χ3v) is 6.61. The average Bonchev–Trinajstić information content (AvgIpc) is 3.23. The summed E-state index contributed by atoms with van der Waals surface area (Å²) in [4.78, 5) is 6.81. The molecule has 5 heteroatoms. The van der Waals surface area contributed by atoms with Crippen molar-refractivity contribution < 1.29 is 9.47 Å². The van der Waals surface area contributed by atoms with Crippen molar-refractivity contribution in [2.24, 2.45) is 0 Å². The van der Waals surface area contributed by atoms with Gasteiger partial charge in [0.15, 0.2) is 0 Å². The number of imidazole rings is 1. The lowest BCUT2D eigenvalue weighted by atomic mass is 9.86. The molecule has 4 nitrogen and oxygen atoms in total. The fraction of sp³-hybridized carbons (Fsp3) is 0.261. The monoisotopic (exact) mass is 390 g/mol. The highest BCUT2D eigenvalue weighted by Gasteiger charge is 2.34. The number of ether oxygens (including phenoxy) is 2. The molecule has 3 heterocycles. The number of benzene rings is 2. The summed E-state index contributed by atoms with van der Waals surface area (Å²) in [5, 5.41) is 1.21. The van der Waals surface area contributed by atoms with Crippen LogP contribution in [0.3, 0.4) is 0 Å². The summed E-state index contributed by atoms with van der Waals surface area (Å²) >= 11 is 1.79. The van der Waals surface area contributed by atoms with Crippen LogP contribution in [0.5, 0.6) is 0 Å². The molecular weight excluding hydrogens is 368 g/mol. The van der Waals surface area contributed by atoms with Crippen LogP contribution in [0.15, 0.2) is 76.8 Å². The maximum absolute atomic E-state index is 5.96. The Morgan fingerprint density at radius 3 is 2.75 bits per heavy atom. The molecule has 0 amide bonds. The smallest absolute Gasteiger partial charge is 0.137 e. The van der Waals surface area contributed by atoms with E-state index in [4.69, 9.17) is 9.47 Å². The Balaban J connectivity index is 1.46. The molecular formula is C23H22N2O2S. The summed E-state index contributed by atoms with van der Waals surface area (Å²) in [6.07, 6.45) is 5.64. The van der Waals surface area contributed by atoms with Crippen LogP contribution in [0.4, 0.5) is 0 Å². The van der Waals surface area contributed by atoms with Crippen LogP contribution >= 0.6 is 11.8 Å². The fourth-order valence-electron chi connectivity index (χ4n) is 4.05. The van der Waals surface area contributed by atoms with E-state index in [1.807, 2.05) is 19.5 Å². The molecule has 0 radical (unpaired) electrons. The maximum atomic E-state index is 5.96. The SMILES string of the molecule is COC1(c2cccc(Sc3ccc4c(ccc5nccn54)c3)c2)CCOCC1. The molecule has 0 unspecified atom stereocenters. The average molecular weight is 391 g/mol. The summed E-state index contributed by atoms with van der Waals surface area (Å²) in [6, 6.07) is 19.5. The van der Waals surface area contributed by atoms with Crippen LogP contribution in [0.25, 0.3) is 16.6 Å². The van der Waals surface area contributed by atoms with E-state index in [0.717, 1.165) is 31.7 Å². The summed E-state index contributed by atoms with van der Waals surface area (Å²) < 4.78 is 13.6. The highest BCUT2D eigenvalue weighted by Crippen LogP contribution is 2.38. The molecule has 1 fully saturated rings. The van der Waals surface area contributed by atoms with E-state index in [1.54, 1.807) is 11.8 Å². The predicted molar refractivity (Wildman–Crippen MR) is 112 cm³/mol. The molecule has 0 atom stereocenters. The van der Waals surface area contributed by atoms with Gasteiger partial charge in [-0.15, -0.1) is 0 Å². The summed E-state index contributed by atoms with van der Waals surface area (Å²) in [7, 11) is 1.81. The van der Waals surface area contributed by atoms with Gasteiger partial charge in [-0.1, -0.05) is 23.9 Å². The summed E-state index contributed by atoms with van der Waals surface area (Å²) in [5.74, 6) is 0. The van der Waals surface area contributed by atoms with Gasteiger partial charge in [0.1, 0.15) is 5.65 Å². The van der Waals surface area contributed by atoms with E-state index in [-0.39, 0.29) is 5.60 Å². The van der Waals surface area contributed by atoms with Gasteiger partial charge in [0.2, 0.25) is 0 Å². The van der Waals surface area contributed by atoms with Crippen LogP contribution in [0, 0.1) is 0 Å². The van der Waals surface area contributed by atoms with Gasteiger partial charge in [0, 0.05) is 55.3 Å². The highest BCUT2D eigenvalue weighted by molar-refractivity contribution is 7.99. The number of hydrogen-bond donors (Lipinski definition) is 0. The zero-order chi connectivity index (χ0) is 19.0. The third kappa shape index (κ3) is 3.09. The molecule has 0 bridgehead atoms. The van der Waals surface area contributed by atoms with Gasteiger partial charge in [-0.05, 0) is 53.4 Å². The second-order valence-electron chi connectivity index (χ2n) is 7.15. The van der Waals surface area contributed by atoms with Crippen molar-refractivity contribution >= 4 is 28.3 Å². The molecule has 5 rings (SSSR count). The molecule has 142 valence electrons. The lowest BCUT2D eigenvalue weighted by Gasteiger charge is -2.36. The molecule has 1 aliphatic heterocycles. The van der Waals surface area contributed by atoms with Crippen LogP contribution in [0.1, 0.15) is 18.4 Å². The number of pyridine rings is 1. The van der Waals surface area contributed by atoms with Crippen molar-refractivity contribution in [1.29, 1.82) is 0 Å². The molecule has 0 spiro atoms. The Morgan fingerprint density at radius 2 is 1.89 bits per heavy atom. The Morgan fingerprint density at radius 1 is 1.04 bits per heavy atom. The number of aromatic nitrogens is 2. The zero-order valence-electron chi connectivity index (χ0n) is 15.8. The third-order valence-electron chi connectivity index (χ3n) is 5.63. The van der Waals surface area contributed by atoms with Crippen LogP contribution in [-0.4, -0.2) is 29.7 Å². The zero-order valence-corrected chi connectivity index (χ0v) is 16.6. The Labute approximate surface area is 168 Å². The van der Waals surface area contributed by atoms with Crippen LogP contribution in [0.2, 0.25) is 0 Å². The molecule has 0 N–H and O–H groups in total. The van der Waals surface area contributed by atoms with E-state index in [9.17, 15) is 0 Å². The van der Waals surface area contributed by atoms with Gasteiger partial charge >= 0.3 is 0 Å². The lowest BCUT2D eigenvalue weighted by Crippen LogP contribution is -2.35. The Kier molecular flexibility index (Phi) is 4.59. The first-order valence-electron chi connectivity index (χ1n) is 9.55. The van der Waals surface area contributed by atoms with E-state index in [1.165, 1.54) is 26.3 Å². The van der Waals surface area contributed by atoms with Crippen LogP contribution in [-0.2, 0) is 15.1 Å². The first-order chi connectivity index (χ1) is 13.8. The first-order valence-corrected chi connectivity index (χ1v) is 10.4. The standard InChI is InChI=1S/C23H22N2O2S/c1-26-23(9-13-27-14-10-23)18-3-2-4-19(16-18)28-20-6-7-21-17(15-20)5-8-22-24-11-12-25(21)22/h2-8,11-12,15-16H,9-10,13-14H2,1H3. The van der Waals surface area contributed by atoms with Gasteiger partial charge in [-0.3, -0.25) is 4.40 Å². The second-order valence-corrected chi connectivity index (χ2v) is 8.30. The maximum Gasteiger partial charge on any atom is 0.137 e. The number of nitrogens with zero attached hydrogens (tertiary/aromatic N) is 2. The molecule has 1 saturated heterocycles. The van der Waals surface area contributed by atoms with Crippen molar-refractivity contribution in [3.63, 3.8) is 0 Å². The quantitative estimate of drug-likeness (QED) is 0.474. The minimum atomic E-state index is -0.231. The normalized spacial score (nSPS) is 16.6. The molecule has 2 aromatic carbocycles. The molecule has 1 aliphatic rings. The predicted octanol–water partition coefficient (Wildman–Crippen LogP) is 5.29. The topological polar surface area (TPSA) is 35.8 Å². The number of fused-ring (bicyclic) bond motifs is 3. The number of rotatable bonds is 4. The van der Waals surface area contributed by atoms with Crippen molar-refractivity contribution in [1.82, 2.24) is 9.38 Å². The Hall–Kier alpha value is -2.34. The second kappa shape index (κ2) is 7.24. The minimum Gasteiger partial charge on any atom is -0.381 e. The van der Waals surface area contributed by atoms with E-state index < -0.39 is 0 Å². The van der Waals surface area contributed by atoms with Gasteiger partial charge in [-0.2, -0.15) is 0 Å². The summed E-state index contributed by atoms with van der Waals surface area (Å²) in [6.45, 7) is 1.50. The van der Waals surface area contributed by atoms with Gasteiger partial charge in [0.05, 0.1) is 11.1 Å². The number of methoxy groups -OCH3 is 1. The van der Waals surface area contributed by atoms with Crippen molar-refractivity contribution in [3.05, 3.63) is 72.6 Å². The Bertz CT molecular complexity index is 1130. The van der Waals surface area contributed by atoms with E-state index >= 15 is 0 Å². The number of hydrogen-bond acceptors (Lipinski definition) is 4. The largest absolute Gasteiger partial charge is 0.381 e. The highest BCUT2D eigenvalue weighted by atomic mass is 32.2. The molecule has 0 aliphatic carbocycles. The van der Waals surface area contributed by atoms with Gasteiger partial charge < -0.3 is 9.47 Å². The van der Waals surface area contributed by atoms with Crippen molar-refractivity contribution in [2.45, 2.75) is 28.2 Å². The molecule has 2 aromatic heterocycles. The van der Waals surface area contributed by atoms with E-state index in [0.29, 0.717) is 0 Å². The molecule has 4 aromatic rings. The van der Waals surface area contributed by atoms with Gasteiger partial charge in [-0.25, -0.2) is 4.98 Å². The minimum absolute atomic E-state index is 0.231. The molecule has 0 saturated carbocycles. The van der Waals surface area contributed by atoms with Crippen molar-refractivity contribution in [3.8, 4) is 0 Å². The van der Waals surface area contributed by atoms with Gasteiger partial charge in [0.25, 0.3) is 0 Å². The summed E-state index contributed by atoms with van der Waals surface area (Å²) in [5.41, 5.74) is 3.16. The fourth-order valence-corrected chi connectivity index (χ4v) is 4.97. The van der Waals surface area contributed by atoms with E-state index in [2.05, 4.69) is 64.0 Å².